The summed E-state index contributed by atoms with van der Waals surface area (Å²) in [5.74, 6) is -0.859. The van der Waals surface area contributed by atoms with Gasteiger partial charge in [-0.15, -0.1) is 11.6 Å². The van der Waals surface area contributed by atoms with Crippen LogP contribution in [0.15, 0.2) is 18.2 Å². The topological polar surface area (TPSA) is 75.3 Å². The molecule has 1 heterocycles. The number of carbonyl (C=O) groups excluding carboxylic acids is 3. The minimum Gasteiger partial charge on any atom is -0.326 e. The molecule has 88 valence electrons. The van der Waals surface area contributed by atoms with Crippen LogP contribution in [0.4, 0.5) is 5.69 Å². The van der Waals surface area contributed by atoms with Crippen LogP contribution in [-0.4, -0.2) is 23.6 Å². The zero-order chi connectivity index (χ0) is 12.4. The molecule has 0 saturated carbocycles. The Kier molecular flexibility index (Phi) is 3.10. The number of imide groups is 1. The molecule has 0 fully saturated rings. The molecule has 2 rings (SSSR count). The van der Waals surface area contributed by atoms with Crippen LogP contribution in [-0.2, 0) is 4.79 Å². The van der Waals surface area contributed by atoms with Crippen LogP contribution in [0.1, 0.15) is 27.1 Å². The maximum Gasteiger partial charge on any atom is 0.259 e. The van der Waals surface area contributed by atoms with Crippen LogP contribution in [0, 0.1) is 0 Å². The van der Waals surface area contributed by atoms with E-state index in [2.05, 4.69) is 10.6 Å². The molecule has 17 heavy (non-hydrogen) atoms. The molecule has 5 nitrogen and oxygen atoms in total. The zero-order valence-electron chi connectivity index (χ0n) is 8.75. The Morgan fingerprint density at radius 1 is 1.24 bits per heavy atom. The molecule has 0 bridgehead atoms. The maximum absolute atomic E-state index is 11.4. The van der Waals surface area contributed by atoms with Crippen LogP contribution >= 0.6 is 11.6 Å². The number of carbonyl (C=O) groups is 3. The Balaban J connectivity index is 2.23. The lowest BCUT2D eigenvalue weighted by Gasteiger charge is -2.04. The summed E-state index contributed by atoms with van der Waals surface area (Å²) in [5, 5.41) is 4.77. The fraction of sp³-hybridized carbons (Fsp3) is 0.182. The van der Waals surface area contributed by atoms with Crippen molar-refractivity contribution in [1.82, 2.24) is 5.32 Å². The van der Waals surface area contributed by atoms with Crippen molar-refractivity contribution in [2.24, 2.45) is 0 Å². The van der Waals surface area contributed by atoms with Gasteiger partial charge < -0.3 is 5.32 Å². The second kappa shape index (κ2) is 4.55. The van der Waals surface area contributed by atoms with Gasteiger partial charge in [0.05, 0.1) is 11.1 Å². The third-order valence-electron chi connectivity index (χ3n) is 2.34. The van der Waals surface area contributed by atoms with E-state index in [0.717, 1.165) is 0 Å². The number of rotatable bonds is 3. The first kappa shape index (κ1) is 11.6. The van der Waals surface area contributed by atoms with Gasteiger partial charge in [0.1, 0.15) is 0 Å². The van der Waals surface area contributed by atoms with Gasteiger partial charge in [0.25, 0.3) is 11.8 Å². The van der Waals surface area contributed by atoms with Crippen LogP contribution in [0.3, 0.4) is 0 Å². The molecule has 1 aromatic carbocycles. The standard InChI is InChI=1S/C11H9ClN2O3/c12-4-3-9(15)13-6-1-2-7-8(5-6)11(17)14-10(7)16/h1-2,5H,3-4H2,(H,13,15)(H,14,16,17). The van der Waals surface area contributed by atoms with Gasteiger partial charge in [0, 0.05) is 18.0 Å². The molecular weight excluding hydrogens is 244 g/mol. The monoisotopic (exact) mass is 252 g/mol. The van der Waals surface area contributed by atoms with E-state index in [4.69, 9.17) is 11.6 Å². The molecular formula is C11H9ClN2O3. The summed E-state index contributed by atoms with van der Waals surface area (Å²) in [4.78, 5) is 33.9. The number of fused-ring (bicyclic) bond motifs is 1. The molecule has 0 atom stereocenters. The van der Waals surface area contributed by atoms with Crippen LogP contribution in [0.5, 0.6) is 0 Å². The fourth-order valence-electron chi connectivity index (χ4n) is 1.55. The third-order valence-corrected chi connectivity index (χ3v) is 2.53. The highest BCUT2D eigenvalue weighted by atomic mass is 35.5. The molecule has 0 unspecified atom stereocenters. The normalized spacial score (nSPS) is 13.2. The van der Waals surface area contributed by atoms with Gasteiger partial charge in [0.15, 0.2) is 0 Å². The second-order valence-electron chi connectivity index (χ2n) is 3.53. The molecule has 1 aliphatic heterocycles. The zero-order valence-corrected chi connectivity index (χ0v) is 9.50. The van der Waals surface area contributed by atoms with E-state index in [1.165, 1.54) is 12.1 Å². The SMILES string of the molecule is O=C(CCCl)Nc1ccc2c(c1)C(=O)NC2=O. The maximum atomic E-state index is 11.4. The second-order valence-corrected chi connectivity index (χ2v) is 3.91. The number of hydrogen-bond acceptors (Lipinski definition) is 3. The molecule has 0 aliphatic carbocycles. The lowest BCUT2D eigenvalue weighted by Crippen LogP contribution is -2.19. The Hall–Kier alpha value is -1.88. The molecule has 0 radical (unpaired) electrons. The molecule has 0 spiro atoms. The van der Waals surface area contributed by atoms with Crippen molar-refractivity contribution in [3.8, 4) is 0 Å². The number of benzene rings is 1. The van der Waals surface area contributed by atoms with E-state index < -0.39 is 11.8 Å². The number of anilines is 1. The summed E-state index contributed by atoms with van der Waals surface area (Å²) in [5.41, 5.74) is 1.08. The van der Waals surface area contributed by atoms with Crippen molar-refractivity contribution in [2.75, 3.05) is 11.2 Å². The summed E-state index contributed by atoms with van der Waals surface area (Å²) in [7, 11) is 0. The highest BCUT2D eigenvalue weighted by Gasteiger charge is 2.26. The van der Waals surface area contributed by atoms with Crippen molar-refractivity contribution < 1.29 is 14.4 Å². The Bertz CT molecular complexity index is 513. The Labute approximate surface area is 102 Å². The quantitative estimate of drug-likeness (QED) is 0.626. The van der Waals surface area contributed by atoms with E-state index in [-0.39, 0.29) is 23.8 Å². The largest absolute Gasteiger partial charge is 0.326 e. The minimum atomic E-state index is -0.446. The number of halogens is 1. The van der Waals surface area contributed by atoms with Crippen LogP contribution < -0.4 is 10.6 Å². The van der Waals surface area contributed by atoms with Crippen molar-refractivity contribution in [1.29, 1.82) is 0 Å². The third kappa shape index (κ3) is 2.29. The lowest BCUT2D eigenvalue weighted by atomic mass is 10.1. The van der Waals surface area contributed by atoms with E-state index in [9.17, 15) is 14.4 Å². The molecule has 0 saturated heterocycles. The summed E-state index contributed by atoms with van der Waals surface area (Å²) in [6.45, 7) is 0. The van der Waals surface area contributed by atoms with Gasteiger partial charge in [-0.05, 0) is 18.2 Å². The minimum absolute atomic E-state index is 0.198. The number of amides is 3. The average molecular weight is 253 g/mol. The summed E-state index contributed by atoms with van der Waals surface area (Å²) >= 11 is 5.43. The first-order valence-electron chi connectivity index (χ1n) is 4.97. The van der Waals surface area contributed by atoms with Gasteiger partial charge in [0.2, 0.25) is 5.91 Å². The molecule has 6 heteroatoms. The molecule has 1 aliphatic rings. The van der Waals surface area contributed by atoms with Crippen molar-refractivity contribution in [3.63, 3.8) is 0 Å². The average Bonchev–Trinajstić information content (AvgIpc) is 2.55. The molecule has 3 amide bonds. The van der Waals surface area contributed by atoms with Crippen molar-refractivity contribution >= 4 is 35.0 Å². The van der Waals surface area contributed by atoms with Crippen molar-refractivity contribution in [2.45, 2.75) is 6.42 Å². The van der Waals surface area contributed by atoms with Gasteiger partial charge in [-0.25, -0.2) is 0 Å². The van der Waals surface area contributed by atoms with Gasteiger partial charge in [-0.1, -0.05) is 0 Å². The van der Waals surface area contributed by atoms with Gasteiger partial charge in [-0.3, -0.25) is 19.7 Å². The summed E-state index contributed by atoms with van der Waals surface area (Å²) in [6, 6.07) is 4.55. The fourth-order valence-corrected chi connectivity index (χ4v) is 1.73. The number of hydrogen-bond donors (Lipinski definition) is 2. The van der Waals surface area contributed by atoms with Crippen molar-refractivity contribution in [3.05, 3.63) is 29.3 Å². The van der Waals surface area contributed by atoms with E-state index >= 15 is 0 Å². The molecule has 0 aromatic heterocycles. The van der Waals surface area contributed by atoms with Crippen LogP contribution in [0.25, 0.3) is 0 Å². The van der Waals surface area contributed by atoms with E-state index in [1.807, 2.05) is 0 Å². The van der Waals surface area contributed by atoms with Gasteiger partial charge in [-0.2, -0.15) is 0 Å². The summed E-state index contributed by atoms with van der Waals surface area (Å²) in [6.07, 6.45) is 0.198. The van der Waals surface area contributed by atoms with E-state index in [0.29, 0.717) is 11.3 Å². The first-order chi connectivity index (χ1) is 8.11. The van der Waals surface area contributed by atoms with Crippen LogP contribution in [0.2, 0.25) is 0 Å². The Morgan fingerprint density at radius 3 is 2.65 bits per heavy atom. The number of alkyl halides is 1. The molecule has 1 aromatic rings. The smallest absolute Gasteiger partial charge is 0.259 e. The number of nitrogens with one attached hydrogen (secondary N) is 2. The predicted molar refractivity (Wildman–Crippen MR) is 62.2 cm³/mol. The molecule has 2 N–H and O–H groups in total. The van der Waals surface area contributed by atoms with E-state index in [1.54, 1.807) is 6.07 Å². The Morgan fingerprint density at radius 2 is 1.94 bits per heavy atom. The summed E-state index contributed by atoms with van der Waals surface area (Å²) < 4.78 is 0. The lowest BCUT2D eigenvalue weighted by molar-refractivity contribution is -0.115. The first-order valence-corrected chi connectivity index (χ1v) is 5.51. The highest BCUT2D eigenvalue weighted by Crippen LogP contribution is 2.20. The highest BCUT2D eigenvalue weighted by molar-refractivity contribution is 6.22. The predicted octanol–water partition coefficient (Wildman–Crippen LogP) is 1.14. The van der Waals surface area contributed by atoms with Gasteiger partial charge >= 0.3 is 0 Å².